The van der Waals surface area contributed by atoms with E-state index in [9.17, 15) is 4.79 Å². The lowest BCUT2D eigenvalue weighted by Gasteiger charge is -2.20. The second-order valence-electron chi connectivity index (χ2n) is 7.54. The van der Waals surface area contributed by atoms with Crippen LogP contribution in [0, 0.1) is 13.8 Å². The fourth-order valence-corrected chi connectivity index (χ4v) is 3.42. The first-order valence-corrected chi connectivity index (χ1v) is 9.24. The van der Waals surface area contributed by atoms with Crippen molar-refractivity contribution in [3.8, 4) is 0 Å². The second-order valence-corrected chi connectivity index (χ2v) is 7.54. The third-order valence-corrected chi connectivity index (χ3v) is 5.06. The van der Waals surface area contributed by atoms with Crippen LogP contribution in [0.2, 0.25) is 0 Å². The standard InChI is InChI=1S/C23H27NO2/c1-13(2)17-9-7-10-18(14(3)4)21(17)24-23(25)20-12-8-11-19-15(5)16(6)26-22(19)20/h7-14H,1-6H3,(H,24,25). The van der Waals surface area contributed by atoms with Crippen LogP contribution in [-0.4, -0.2) is 5.91 Å². The lowest BCUT2D eigenvalue weighted by atomic mass is 9.92. The highest BCUT2D eigenvalue weighted by Gasteiger charge is 2.20. The van der Waals surface area contributed by atoms with Crippen LogP contribution >= 0.6 is 0 Å². The predicted octanol–water partition coefficient (Wildman–Crippen LogP) is 6.55. The summed E-state index contributed by atoms with van der Waals surface area (Å²) in [5.41, 5.74) is 5.56. The highest BCUT2D eigenvalue weighted by molar-refractivity contribution is 6.12. The minimum Gasteiger partial charge on any atom is -0.460 e. The highest BCUT2D eigenvalue weighted by Crippen LogP contribution is 2.34. The van der Waals surface area contributed by atoms with Crippen molar-refractivity contribution in [2.45, 2.75) is 53.4 Å². The number of amides is 1. The maximum Gasteiger partial charge on any atom is 0.259 e. The number of benzene rings is 2. The lowest BCUT2D eigenvalue weighted by molar-refractivity contribution is 0.102. The zero-order valence-corrected chi connectivity index (χ0v) is 16.4. The Balaban J connectivity index is 2.08. The van der Waals surface area contributed by atoms with Gasteiger partial charge in [-0.2, -0.15) is 0 Å². The smallest absolute Gasteiger partial charge is 0.259 e. The van der Waals surface area contributed by atoms with E-state index in [1.807, 2.05) is 32.0 Å². The van der Waals surface area contributed by atoms with Crippen LogP contribution in [0.25, 0.3) is 11.0 Å². The van der Waals surface area contributed by atoms with Gasteiger partial charge in [-0.05, 0) is 48.4 Å². The Labute approximate surface area is 155 Å². The normalized spacial score (nSPS) is 11.5. The topological polar surface area (TPSA) is 42.2 Å². The van der Waals surface area contributed by atoms with Crippen LogP contribution in [0.15, 0.2) is 40.8 Å². The number of rotatable bonds is 4. The summed E-state index contributed by atoms with van der Waals surface area (Å²) in [5, 5.41) is 4.18. The number of anilines is 1. The fraction of sp³-hybridized carbons (Fsp3) is 0.348. The monoisotopic (exact) mass is 349 g/mol. The Morgan fingerprint density at radius 3 is 2.08 bits per heavy atom. The molecule has 1 heterocycles. The van der Waals surface area contributed by atoms with Crippen LogP contribution in [-0.2, 0) is 0 Å². The maximum absolute atomic E-state index is 13.1. The number of hydrogen-bond acceptors (Lipinski definition) is 2. The van der Waals surface area contributed by atoms with Crippen molar-refractivity contribution < 1.29 is 9.21 Å². The number of aryl methyl sites for hydroxylation is 2. The number of furan rings is 1. The zero-order chi connectivity index (χ0) is 19.0. The quantitative estimate of drug-likeness (QED) is 0.580. The van der Waals surface area contributed by atoms with Gasteiger partial charge in [0.25, 0.3) is 5.91 Å². The molecule has 1 N–H and O–H groups in total. The summed E-state index contributed by atoms with van der Waals surface area (Å²) in [6.45, 7) is 12.5. The van der Waals surface area contributed by atoms with E-state index in [2.05, 4.69) is 51.2 Å². The van der Waals surface area contributed by atoms with Crippen LogP contribution in [0.4, 0.5) is 5.69 Å². The Morgan fingerprint density at radius 2 is 1.50 bits per heavy atom. The fourth-order valence-electron chi connectivity index (χ4n) is 3.42. The lowest BCUT2D eigenvalue weighted by Crippen LogP contribution is -2.16. The van der Waals surface area contributed by atoms with Gasteiger partial charge in [-0.1, -0.05) is 58.0 Å². The van der Waals surface area contributed by atoms with Crippen molar-refractivity contribution in [1.29, 1.82) is 0 Å². The number of carbonyl (C=O) groups excluding carboxylic acids is 1. The van der Waals surface area contributed by atoms with Gasteiger partial charge >= 0.3 is 0 Å². The molecule has 136 valence electrons. The molecule has 1 amide bonds. The molecular weight excluding hydrogens is 322 g/mol. The first kappa shape index (κ1) is 18.2. The van der Waals surface area contributed by atoms with Crippen molar-refractivity contribution in [3.63, 3.8) is 0 Å². The van der Waals surface area contributed by atoms with E-state index in [1.54, 1.807) is 0 Å². The molecule has 0 saturated heterocycles. The Morgan fingerprint density at radius 1 is 0.923 bits per heavy atom. The number of hydrogen-bond donors (Lipinski definition) is 1. The van der Waals surface area contributed by atoms with Gasteiger partial charge in [0.05, 0.1) is 5.56 Å². The highest BCUT2D eigenvalue weighted by atomic mass is 16.3. The van der Waals surface area contributed by atoms with E-state index in [4.69, 9.17) is 4.42 Å². The molecule has 0 bridgehead atoms. The summed E-state index contributed by atoms with van der Waals surface area (Å²) in [4.78, 5) is 13.1. The maximum atomic E-state index is 13.1. The molecule has 0 saturated carbocycles. The SMILES string of the molecule is Cc1oc2c(C(=O)Nc3c(C(C)C)cccc3C(C)C)cccc2c1C. The summed E-state index contributed by atoms with van der Waals surface area (Å²) in [7, 11) is 0. The van der Waals surface area contributed by atoms with Gasteiger partial charge in [0.15, 0.2) is 0 Å². The van der Waals surface area contributed by atoms with E-state index < -0.39 is 0 Å². The van der Waals surface area contributed by atoms with E-state index in [1.165, 1.54) is 0 Å². The van der Waals surface area contributed by atoms with E-state index >= 15 is 0 Å². The summed E-state index contributed by atoms with van der Waals surface area (Å²) < 4.78 is 5.88. The van der Waals surface area contributed by atoms with Gasteiger partial charge in [-0.25, -0.2) is 0 Å². The molecule has 3 nitrogen and oxygen atoms in total. The molecule has 0 aliphatic rings. The van der Waals surface area contributed by atoms with Crippen molar-refractivity contribution in [2.24, 2.45) is 0 Å². The zero-order valence-electron chi connectivity index (χ0n) is 16.4. The van der Waals surface area contributed by atoms with Gasteiger partial charge in [-0.3, -0.25) is 4.79 Å². The summed E-state index contributed by atoms with van der Waals surface area (Å²) in [5.74, 6) is 1.38. The molecule has 3 rings (SSSR count). The Bertz CT molecular complexity index is 937. The van der Waals surface area contributed by atoms with Crippen molar-refractivity contribution >= 4 is 22.6 Å². The number of nitrogens with one attached hydrogen (secondary N) is 1. The number of para-hydroxylation sites is 2. The molecule has 1 aromatic heterocycles. The number of carbonyl (C=O) groups is 1. The van der Waals surface area contributed by atoms with Crippen molar-refractivity contribution in [3.05, 3.63) is 64.4 Å². The molecule has 0 atom stereocenters. The average molecular weight is 349 g/mol. The van der Waals surface area contributed by atoms with E-state index in [-0.39, 0.29) is 5.91 Å². The molecule has 0 radical (unpaired) electrons. The molecule has 0 aliphatic heterocycles. The molecule has 0 unspecified atom stereocenters. The first-order valence-electron chi connectivity index (χ1n) is 9.24. The third-order valence-electron chi connectivity index (χ3n) is 5.06. The Kier molecular flexibility index (Phi) is 4.90. The van der Waals surface area contributed by atoms with Gasteiger partial charge in [0.1, 0.15) is 11.3 Å². The molecule has 2 aromatic carbocycles. The molecule has 0 spiro atoms. The van der Waals surface area contributed by atoms with Gasteiger partial charge in [0, 0.05) is 11.1 Å². The summed E-state index contributed by atoms with van der Waals surface area (Å²) in [6.07, 6.45) is 0. The molecule has 3 heteroatoms. The van der Waals surface area contributed by atoms with Gasteiger partial charge in [-0.15, -0.1) is 0 Å². The summed E-state index contributed by atoms with van der Waals surface area (Å²) in [6, 6.07) is 12.0. The molecular formula is C23H27NO2. The number of fused-ring (bicyclic) bond motifs is 1. The van der Waals surface area contributed by atoms with Crippen molar-refractivity contribution in [2.75, 3.05) is 5.32 Å². The molecule has 26 heavy (non-hydrogen) atoms. The van der Waals surface area contributed by atoms with Crippen LogP contribution in [0.3, 0.4) is 0 Å². The average Bonchev–Trinajstić information content (AvgIpc) is 2.89. The van der Waals surface area contributed by atoms with E-state index in [0.29, 0.717) is 23.0 Å². The van der Waals surface area contributed by atoms with Crippen LogP contribution < -0.4 is 5.32 Å². The second kappa shape index (κ2) is 6.99. The first-order chi connectivity index (χ1) is 12.3. The minimum absolute atomic E-state index is 0.126. The molecule has 0 aliphatic carbocycles. The van der Waals surface area contributed by atoms with Crippen LogP contribution in [0.1, 0.15) is 72.3 Å². The van der Waals surface area contributed by atoms with Gasteiger partial charge in [0.2, 0.25) is 0 Å². The van der Waals surface area contributed by atoms with Crippen LogP contribution in [0.5, 0.6) is 0 Å². The van der Waals surface area contributed by atoms with E-state index in [0.717, 1.165) is 33.5 Å². The van der Waals surface area contributed by atoms with Gasteiger partial charge < -0.3 is 9.73 Å². The summed E-state index contributed by atoms with van der Waals surface area (Å²) >= 11 is 0. The largest absolute Gasteiger partial charge is 0.460 e. The Hall–Kier alpha value is -2.55. The predicted molar refractivity (Wildman–Crippen MR) is 108 cm³/mol. The third kappa shape index (κ3) is 3.14. The van der Waals surface area contributed by atoms with Crippen molar-refractivity contribution in [1.82, 2.24) is 0 Å². The minimum atomic E-state index is -0.126. The molecule has 3 aromatic rings. The molecule has 0 fully saturated rings.